The van der Waals surface area contributed by atoms with Gasteiger partial charge in [-0.2, -0.15) is 0 Å². The number of methoxy groups -OCH3 is 1. The summed E-state index contributed by atoms with van der Waals surface area (Å²) >= 11 is 0. The zero-order valence-electron chi connectivity index (χ0n) is 12.0. The number of hydrogen-bond donors (Lipinski definition) is 1. The molecule has 0 atom stereocenters. The number of carboxylic acid groups (broad SMARTS) is 1. The Labute approximate surface area is 121 Å². The van der Waals surface area contributed by atoms with Gasteiger partial charge in [0.25, 0.3) is 0 Å². The standard InChI is InChI=1S/C13H17FN2O5/c1-8(2)15(5-4-13(17)18)10-7-12(21-3)11(16(19)20)6-9(10)14/h6-8H,4-5H2,1-3H3,(H,17,18). The highest BCUT2D eigenvalue weighted by Gasteiger charge is 2.23. The Hall–Kier alpha value is -2.38. The van der Waals surface area contributed by atoms with Crippen LogP contribution in [0.4, 0.5) is 15.8 Å². The molecule has 0 radical (unpaired) electrons. The second-order valence-electron chi connectivity index (χ2n) is 4.66. The van der Waals surface area contributed by atoms with E-state index in [1.807, 2.05) is 0 Å². The van der Waals surface area contributed by atoms with E-state index in [1.165, 1.54) is 18.1 Å². The van der Waals surface area contributed by atoms with Crippen LogP contribution in [0.3, 0.4) is 0 Å². The molecule has 21 heavy (non-hydrogen) atoms. The highest BCUT2D eigenvalue weighted by Crippen LogP contribution is 2.34. The third-order valence-corrected chi connectivity index (χ3v) is 2.94. The Morgan fingerprint density at radius 3 is 2.57 bits per heavy atom. The minimum absolute atomic E-state index is 0.0719. The summed E-state index contributed by atoms with van der Waals surface area (Å²) in [5.41, 5.74) is -0.394. The Balaban J connectivity index is 3.25. The molecule has 1 aromatic carbocycles. The fourth-order valence-corrected chi connectivity index (χ4v) is 1.93. The van der Waals surface area contributed by atoms with Gasteiger partial charge in [0.2, 0.25) is 0 Å². The molecule has 0 amide bonds. The smallest absolute Gasteiger partial charge is 0.313 e. The number of benzene rings is 1. The van der Waals surface area contributed by atoms with Crippen LogP contribution in [0, 0.1) is 15.9 Å². The zero-order chi connectivity index (χ0) is 16.2. The van der Waals surface area contributed by atoms with Crippen molar-refractivity contribution >= 4 is 17.3 Å². The number of anilines is 1. The summed E-state index contributed by atoms with van der Waals surface area (Å²) in [6.45, 7) is 3.63. The third kappa shape index (κ3) is 4.04. The van der Waals surface area contributed by atoms with Crippen molar-refractivity contribution in [2.45, 2.75) is 26.3 Å². The maximum atomic E-state index is 14.1. The normalized spacial score (nSPS) is 10.5. The summed E-state index contributed by atoms with van der Waals surface area (Å²) in [5, 5.41) is 19.6. The molecule has 0 aliphatic carbocycles. The van der Waals surface area contributed by atoms with Gasteiger partial charge in [0.15, 0.2) is 11.6 Å². The van der Waals surface area contributed by atoms with Crippen LogP contribution in [0.2, 0.25) is 0 Å². The molecule has 0 aliphatic heterocycles. The molecule has 0 heterocycles. The largest absolute Gasteiger partial charge is 0.490 e. The molecule has 0 fully saturated rings. The lowest BCUT2D eigenvalue weighted by Crippen LogP contribution is -2.33. The number of halogens is 1. The Morgan fingerprint density at radius 1 is 1.52 bits per heavy atom. The van der Waals surface area contributed by atoms with Crippen LogP contribution in [0.5, 0.6) is 5.75 Å². The summed E-state index contributed by atoms with van der Waals surface area (Å²) in [5.74, 6) is -1.87. The molecule has 0 aliphatic rings. The predicted octanol–water partition coefficient (Wildman–Crippen LogP) is 2.43. The van der Waals surface area contributed by atoms with Gasteiger partial charge in [0.1, 0.15) is 0 Å². The molecule has 1 N–H and O–H groups in total. The molecule has 7 nitrogen and oxygen atoms in total. The van der Waals surface area contributed by atoms with E-state index in [0.717, 1.165) is 6.07 Å². The molecular weight excluding hydrogens is 283 g/mol. The molecule has 0 bridgehead atoms. The summed E-state index contributed by atoms with van der Waals surface area (Å²) < 4.78 is 19.0. The molecule has 0 saturated carbocycles. The maximum Gasteiger partial charge on any atom is 0.313 e. The van der Waals surface area contributed by atoms with Crippen LogP contribution in [0.15, 0.2) is 12.1 Å². The minimum Gasteiger partial charge on any atom is -0.490 e. The average Bonchev–Trinajstić information content (AvgIpc) is 2.39. The molecule has 0 unspecified atom stereocenters. The molecule has 1 rings (SSSR count). The van der Waals surface area contributed by atoms with Gasteiger partial charge in [0.05, 0.1) is 30.2 Å². The number of nitrogens with zero attached hydrogens (tertiary/aromatic N) is 2. The van der Waals surface area contributed by atoms with Crippen LogP contribution < -0.4 is 9.64 Å². The van der Waals surface area contributed by atoms with E-state index in [-0.39, 0.29) is 30.4 Å². The number of nitro benzene ring substituents is 1. The van der Waals surface area contributed by atoms with Crippen LogP contribution in [-0.2, 0) is 4.79 Å². The van der Waals surface area contributed by atoms with Crippen molar-refractivity contribution in [3.63, 3.8) is 0 Å². The van der Waals surface area contributed by atoms with Crippen molar-refractivity contribution < 1.29 is 24.0 Å². The molecule has 1 aromatic rings. The van der Waals surface area contributed by atoms with Gasteiger partial charge in [0, 0.05) is 18.7 Å². The van der Waals surface area contributed by atoms with Gasteiger partial charge in [-0.05, 0) is 13.8 Å². The van der Waals surface area contributed by atoms with E-state index in [4.69, 9.17) is 9.84 Å². The fourth-order valence-electron chi connectivity index (χ4n) is 1.93. The third-order valence-electron chi connectivity index (χ3n) is 2.94. The van der Waals surface area contributed by atoms with Crippen LogP contribution >= 0.6 is 0 Å². The Bertz CT molecular complexity index is 548. The number of carbonyl (C=O) groups is 1. The van der Waals surface area contributed by atoms with Crippen LogP contribution in [0.1, 0.15) is 20.3 Å². The number of nitro groups is 1. The second kappa shape index (κ2) is 6.87. The quantitative estimate of drug-likeness (QED) is 0.614. The lowest BCUT2D eigenvalue weighted by atomic mass is 10.2. The summed E-state index contributed by atoms with van der Waals surface area (Å²) in [7, 11) is 1.25. The van der Waals surface area contributed by atoms with Crippen LogP contribution in [-0.4, -0.2) is 35.7 Å². The van der Waals surface area contributed by atoms with E-state index < -0.39 is 22.4 Å². The first kappa shape index (κ1) is 16.7. The lowest BCUT2D eigenvalue weighted by molar-refractivity contribution is -0.385. The van der Waals surface area contributed by atoms with Crippen molar-refractivity contribution in [3.05, 3.63) is 28.1 Å². The van der Waals surface area contributed by atoms with Gasteiger partial charge in [-0.1, -0.05) is 0 Å². The average molecular weight is 300 g/mol. The molecule has 0 saturated heterocycles. The van der Waals surface area contributed by atoms with Crippen molar-refractivity contribution in [2.75, 3.05) is 18.6 Å². The lowest BCUT2D eigenvalue weighted by Gasteiger charge is -2.29. The van der Waals surface area contributed by atoms with E-state index in [1.54, 1.807) is 13.8 Å². The van der Waals surface area contributed by atoms with Gasteiger partial charge < -0.3 is 14.7 Å². The number of hydrogen-bond acceptors (Lipinski definition) is 5. The zero-order valence-corrected chi connectivity index (χ0v) is 12.0. The number of rotatable bonds is 7. The van der Waals surface area contributed by atoms with E-state index >= 15 is 0 Å². The molecular formula is C13H17FN2O5. The summed E-state index contributed by atoms with van der Waals surface area (Å²) in [6, 6.07) is 1.82. The first-order valence-electron chi connectivity index (χ1n) is 6.28. The summed E-state index contributed by atoms with van der Waals surface area (Å²) in [4.78, 5) is 22.3. The minimum atomic E-state index is -1.00. The van der Waals surface area contributed by atoms with E-state index in [9.17, 15) is 19.3 Å². The van der Waals surface area contributed by atoms with Gasteiger partial charge in [-0.3, -0.25) is 14.9 Å². The Kier molecular flexibility index (Phi) is 5.45. The molecule has 0 spiro atoms. The topological polar surface area (TPSA) is 92.9 Å². The van der Waals surface area contributed by atoms with Crippen molar-refractivity contribution in [1.29, 1.82) is 0 Å². The van der Waals surface area contributed by atoms with Crippen molar-refractivity contribution in [1.82, 2.24) is 0 Å². The molecule has 0 aromatic heterocycles. The summed E-state index contributed by atoms with van der Waals surface area (Å²) in [6.07, 6.45) is -0.170. The monoisotopic (exact) mass is 300 g/mol. The van der Waals surface area contributed by atoms with Gasteiger partial charge in [-0.15, -0.1) is 0 Å². The molecule has 116 valence electrons. The number of carboxylic acids is 1. The maximum absolute atomic E-state index is 14.1. The van der Waals surface area contributed by atoms with E-state index in [0.29, 0.717) is 0 Å². The second-order valence-corrected chi connectivity index (χ2v) is 4.66. The fraction of sp³-hybridized carbons (Fsp3) is 0.462. The Morgan fingerprint density at radius 2 is 2.14 bits per heavy atom. The van der Waals surface area contributed by atoms with Crippen LogP contribution in [0.25, 0.3) is 0 Å². The predicted molar refractivity (Wildman–Crippen MR) is 74.3 cm³/mol. The van der Waals surface area contributed by atoms with Gasteiger partial charge >= 0.3 is 11.7 Å². The first-order valence-corrected chi connectivity index (χ1v) is 6.28. The highest BCUT2D eigenvalue weighted by atomic mass is 19.1. The molecule has 8 heteroatoms. The van der Waals surface area contributed by atoms with Crippen molar-refractivity contribution in [2.24, 2.45) is 0 Å². The van der Waals surface area contributed by atoms with E-state index in [2.05, 4.69) is 0 Å². The van der Waals surface area contributed by atoms with Gasteiger partial charge in [-0.25, -0.2) is 4.39 Å². The number of aliphatic carboxylic acids is 1. The number of ether oxygens (including phenoxy) is 1. The highest BCUT2D eigenvalue weighted by molar-refractivity contribution is 5.68. The SMILES string of the molecule is COc1cc(N(CCC(=O)O)C(C)C)c(F)cc1[N+](=O)[O-]. The first-order chi connectivity index (χ1) is 9.77. The van der Waals surface area contributed by atoms with Crippen molar-refractivity contribution in [3.8, 4) is 5.75 Å².